The summed E-state index contributed by atoms with van der Waals surface area (Å²) in [7, 11) is -4.47. The van der Waals surface area contributed by atoms with E-state index in [2.05, 4.69) is 9.97 Å². The summed E-state index contributed by atoms with van der Waals surface area (Å²) in [5, 5.41) is 0. The van der Waals surface area contributed by atoms with Gasteiger partial charge in [-0.15, -0.1) is 0 Å². The van der Waals surface area contributed by atoms with Gasteiger partial charge >= 0.3 is 0 Å². The third kappa shape index (κ3) is 6.35. The number of nitrogens with zero attached hydrogens (tertiary/aromatic N) is 1. The van der Waals surface area contributed by atoms with Crippen molar-refractivity contribution in [3.8, 4) is 28.6 Å². The molecule has 2 aromatic heterocycles. The highest BCUT2D eigenvalue weighted by atomic mass is 32.2. The Balaban J connectivity index is 0.00000294. The Labute approximate surface area is 229 Å². The van der Waals surface area contributed by atoms with Crippen molar-refractivity contribution in [3.63, 3.8) is 0 Å². The van der Waals surface area contributed by atoms with E-state index in [1.54, 1.807) is 6.07 Å². The molecule has 4 aromatic rings. The molecule has 0 unspecified atom stereocenters. The number of pyridine rings is 2. The van der Waals surface area contributed by atoms with Crippen LogP contribution in [0, 0.1) is 20.8 Å². The zero-order valence-corrected chi connectivity index (χ0v) is 22.9. The molecule has 39 heavy (non-hydrogen) atoms. The van der Waals surface area contributed by atoms with Gasteiger partial charge in [-0.2, -0.15) is 0 Å². The van der Waals surface area contributed by atoms with E-state index in [1.165, 1.54) is 18.3 Å². The van der Waals surface area contributed by atoms with Crippen LogP contribution in [-0.4, -0.2) is 30.9 Å². The monoisotopic (exact) mass is 551 g/mol. The maximum absolute atomic E-state index is 13.3. The number of hydrogen-bond donors (Lipinski definition) is 2. The lowest BCUT2D eigenvalue weighted by Gasteiger charge is -2.16. The van der Waals surface area contributed by atoms with Crippen LogP contribution >= 0.6 is 0 Å². The van der Waals surface area contributed by atoms with Gasteiger partial charge in [0.15, 0.2) is 4.90 Å². The van der Waals surface area contributed by atoms with Crippen LogP contribution in [0.25, 0.3) is 11.3 Å². The Bertz CT molecular complexity index is 1680. The number of ether oxygens (including phenoxy) is 2. The predicted octanol–water partition coefficient (Wildman–Crippen LogP) is 5.55. The molecule has 0 fully saturated rings. The van der Waals surface area contributed by atoms with Crippen molar-refractivity contribution < 1.29 is 25.5 Å². The molecule has 0 saturated heterocycles. The Morgan fingerprint density at radius 3 is 2.46 bits per heavy atom. The number of nitrogens with one attached hydrogen (secondary N) is 2. The molecule has 2 aromatic carbocycles. The number of sulfonamides is 1. The fourth-order valence-corrected chi connectivity index (χ4v) is 5.12. The van der Waals surface area contributed by atoms with E-state index in [0.717, 1.165) is 34.7 Å². The fraction of sp³-hybridized carbons (Fsp3) is 0.207. The second-order valence-electron chi connectivity index (χ2n) is 9.05. The summed E-state index contributed by atoms with van der Waals surface area (Å²) in [4.78, 5) is 31.6. The zero-order valence-electron chi connectivity index (χ0n) is 22.1. The summed E-state index contributed by atoms with van der Waals surface area (Å²) in [6, 6.07) is 16.7. The summed E-state index contributed by atoms with van der Waals surface area (Å²) in [6.07, 6.45) is 2.16. The average Bonchev–Trinajstić information content (AvgIpc) is 2.89. The SMILES string of the molecule is CCCOc1cccc(-c2ccc(C(=O)NS(=O)(=O)c3ccc[nH]c3=O)c(Oc3c(C)cc(C)cc3C)n2)c1.[HH].[HH]. The summed E-state index contributed by atoms with van der Waals surface area (Å²) in [5.74, 6) is 0.0957. The van der Waals surface area contributed by atoms with Gasteiger partial charge in [-0.25, -0.2) is 18.1 Å². The Hall–Kier alpha value is -4.44. The van der Waals surface area contributed by atoms with Crippen molar-refractivity contribution in [1.29, 1.82) is 0 Å². The number of aromatic nitrogens is 2. The lowest BCUT2D eigenvalue weighted by molar-refractivity contribution is 0.0978. The van der Waals surface area contributed by atoms with Gasteiger partial charge in [-0.3, -0.25) is 9.59 Å². The molecule has 1 amide bonds. The summed E-state index contributed by atoms with van der Waals surface area (Å²) >= 11 is 0. The minimum atomic E-state index is -4.47. The first-order valence-corrected chi connectivity index (χ1v) is 13.8. The van der Waals surface area contributed by atoms with Gasteiger partial charge < -0.3 is 14.5 Å². The lowest BCUT2D eigenvalue weighted by atomic mass is 10.1. The molecule has 2 N–H and O–H groups in total. The van der Waals surface area contributed by atoms with Crippen molar-refractivity contribution in [2.75, 3.05) is 6.61 Å². The highest BCUT2D eigenvalue weighted by Gasteiger charge is 2.25. The van der Waals surface area contributed by atoms with Gasteiger partial charge in [0.05, 0.1) is 12.3 Å². The van der Waals surface area contributed by atoms with Crippen LogP contribution in [-0.2, 0) is 10.0 Å². The largest absolute Gasteiger partial charge is 0.494 e. The minimum Gasteiger partial charge on any atom is -0.494 e. The summed E-state index contributed by atoms with van der Waals surface area (Å²) in [5.41, 5.74) is 2.94. The van der Waals surface area contributed by atoms with E-state index < -0.39 is 26.4 Å². The van der Waals surface area contributed by atoms with Crippen LogP contribution in [0.5, 0.6) is 17.4 Å². The molecule has 0 aliphatic rings. The first-order valence-electron chi connectivity index (χ1n) is 12.3. The van der Waals surface area contributed by atoms with Crippen LogP contribution in [0.15, 0.2) is 76.6 Å². The highest BCUT2D eigenvalue weighted by Crippen LogP contribution is 2.33. The molecule has 0 aliphatic heterocycles. The molecular weight excluding hydrogens is 518 g/mol. The standard InChI is InChI=1S/C29H29N3O6S.2H2/c1-5-14-37-22-9-6-8-21(17-22)24-12-11-23(27(33)32-39(35,36)25-10-7-13-30-28(25)34)29(31-24)38-26-19(3)15-18(2)16-20(26)4;;/h6-13,15-17H,5,14H2,1-4H3,(H,30,34)(H,32,33);2*1H. The third-order valence-electron chi connectivity index (χ3n) is 5.81. The number of aromatic amines is 1. The first-order chi connectivity index (χ1) is 18.6. The molecule has 0 atom stereocenters. The van der Waals surface area contributed by atoms with E-state index in [0.29, 0.717) is 23.8 Å². The minimum absolute atomic E-state index is 0. The molecule has 10 heteroatoms. The topological polar surface area (TPSA) is 127 Å². The van der Waals surface area contributed by atoms with Crippen molar-refractivity contribution >= 4 is 15.9 Å². The van der Waals surface area contributed by atoms with Gasteiger partial charge in [0.2, 0.25) is 5.88 Å². The second kappa shape index (κ2) is 11.5. The number of H-pyrrole nitrogens is 1. The van der Waals surface area contributed by atoms with Crippen molar-refractivity contribution in [2.45, 2.75) is 39.0 Å². The molecule has 0 aliphatic carbocycles. The van der Waals surface area contributed by atoms with Gasteiger partial charge in [0, 0.05) is 14.6 Å². The molecule has 2 heterocycles. The Morgan fingerprint density at radius 2 is 1.77 bits per heavy atom. The number of amides is 1. The van der Waals surface area contributed by atoms with Crippen molar-refractivity contribution in [3.05, 3.63) is 99.5 Å². The number of benzene rings is 2. The number of aryl methyl sites for hydroxylation is 3. The molecule has 0 saturated carbocycles. The molecular formula is C29H33N3O6S. The van der Waals surface area contributed by atoms with Gasteiger partial charge in [-0.05, 0) is 74.7 Å². The predicted molar refractivity (Wildman–Crippen MR) is 152 cm³/mol. The Kier molecular flexibility index (Phi) is 8.15. The molecule has 0 radical (unpaired) electrons. The van der Waals surface area contributed by atoms with Crippen LogP contribution in [0.4, 0.5) is 0 Å². The third-order valence-corrected chi connectivity index (χ3v) is 7.16. The van der Waals surface area contributed by atoms with E-state index in [9.17, 15) is 18.0 Å². The van der Waals surface area contributed by atoms with E-state index >= 15 is 0 Å². The molecule has 4 rings (SSSR count). The number of rotatable bonds is 9. The molecule has 206 valence electrons. The number of carbonyl (C=O) groups excluding carboxylic acids is 1. The maximum atomic E-state index is 13.3. The molecule has 9 nitrogen and oxygen atoms in total. The summed E-state index contributed by atoms with van der Waals surface area (Å²) in [6.45, 7) is 8.29. The van der Waals surface area contributed by atoms with Gasteiger partial charge in [0.25, 0.3) is 21.5 Å². The number of carbonyl (C=O) groups is 1. The zero-order chi connectivity index (χ0) is 28.2. The van der Waals surface area contributed by atoms with Crippen LogP contribution < -0.4 is 19.8 Å². The second-order valence-corrected chi connectivity index (χ2v) is 10.7. The molecule has 0 spiro atoms. The lowest BCUT2D eigenvalue weighted by Crippen LogP contribution is -2.34. The highest BCUT2D eigenvalue weighted by molar-refractivity contribution is 7.90. The van der Waals surface area contributed by atoms with Crippen molar-refractivity contribution in [2.24, 2.45) is 0 Å². The number of hydrogen-bond acceptors (Lipinski definition) is 7. The Morgan fingerprint density at radius 1 is 1.03 bits per heavy atom. The van der Waals surface area contributed by atoms with Crippen LogP contribution in [0.1, 0.15) is 43.2 Å². The van der Waals surface area contributed by atoms with E-state index in [-0.39, 0.29) is 14.3 Å². The van der Waals surface area contributed by atoms with E-state index in [4.69, 9.17) is 9.47 Å². The normalized spacial score (nSPS) is 11.2. The smallest absolute Gasteiger partial charge is 0.270 e. The van der Waals surface area contributed by atoms with Gasteiger partial charge in [-0.1, -0.05) is 36.8 Å². The van der Waals surface area contributed by atoms with Crippen molar-refractivity contribution in [1.82, 2.24) is 14.7 Å². The first kappa shape index (κ1) is 27.6. The fourth-order valence-electron chi connectivity index (χ4n) is 4.09. The summed E-state index contributed by atoms with van der Waals surface area (Å²) < 4.78 is 39.6. The molecule has 0 bridgehead atoms. The average molecular weight is 552 g/mol. The van der Waals surface area contributed by atoms with Crippen LogP contribution in [0.2, 0.25) is 0 Å². The van der Waals surface area contributed by atoms with Gasteiger partial charge in [0.1, 0.15) is 17.1 Å². The quantitative estimate of drug-likeness (QED) is 0.279. The maximum Gasteiger partial charge on any atom is 0.270 e. The van der Waals surface area contributed by atoms with E-state index in [1.807, 2.05) is 68.8 Å². The van der Waals surface area contributed by atoms with Crippen LogP contribution in [0.3, 0.4) is 0 Å².